The molecule has 2 heterocycles. The van der Waals surface area contributed by atoms with E-state index < -0.39 is 22.9 Å². The first-order valence-corrected chi connectivity index (χ1v) is 12.7. The zero-order chi connectivity index (χ0) is 25.2. The topological polar surface area (TPSA) is 74.1 Å². The van der Waals surface area contributed by atoms with Crippen molar-refractivity contribution in [3.8, 4) is 0 Å². The smallest absolute Gasteiger partial charge is 0.262 e. The van der Waals surface area contributed by atoms with Crippen molar-refractivity contribution in [2.75, 3.05) is 5.32 Å². The maximum absolute atomic E-state index is 13.9. The number of para-hydroxylation sites is 1. The standard InChI is InChI=1S/C27H22ClFN4O2S/c1-16-6-8-17(9-7-16)22-14-23(18-10-12-19(28)13-11-18)33(32-22)27-31-26(35)24(36-27)15-25(34)30-21-5-3-2-4-20(21)29/h2-13,23-24H,14-15H2,1H3,(H,30,34)/t23-,24-/m0/s1. The maximum atomic E-state index is 13.9. The number of carbonyl (C=O) groups is 2. The number of rotatable bonds is 5. The summed E-state index contributed by atoms with van der Waals surface area (Å²) in [7, 11) is 0. The predicted octanol–water partition coefficient (Wildman–Crippen LogP) is 5.97. The highest BCUT2D eigenvalue weighted by atomic mass is 35.5. The van der Waals surface area contributed by atoms with Gasteiger partial charge in [0.2, 0.25) is 5.91 Å². The minimum absolute atomic E-state index is 0.0776. The number of amides is 2. The van der Waals surface area contributed by atoms with Gasteiger partial charge in [0.1, 0.15) is 11.1 Å². The molecule has 0 unspecified atom stereocenters. The molecule has 2 amide bonds. The van der Waals surface area contributed by atoms with E-state index >= 15 is 0 Å². The molecule has 0 spiro atoms. The van der Waals surface area contributed by atoms with Crippen LogP contribution >= 0.6 is 23.4 Å². The molecule has 182 valence electrons. The normalized spacial score (nSPS) is 19.3. The molecule has 0 aromatic heterocycles. The highest BCUT2D eigenvalue weighted by molar-refractivity contribution is 8.15. The summed E-state index contributed by atoms with van der Waals surface area (Å²) in [6.07, 6.45) is 0.496. The summed E-state index contributed by atoms with van der Waals surface area (Å²) in [6.45, 7) is 2.03. The van der Waals surface area contributed by atoms with E-state index in [1.54, 1.807) is 17.1 Å². The van der Waals surface area contributed by atoms with Crippen LogP contribution < -0.4 is 5.32 Å². The number of nitrogens with zero attached hydrogens (tertiary/aromatic N) is 3. The van der Waals surface area contributed by atoms with Gasteiger partial charge in [-0.25, -0.2) is 9.40 Å². The minimum atomic E-state index is -0.712. The van der Waals surface area contributed by atoms with Crippen molar-refractivity contribution in [3.63, 3.8) is 0 Å². The van der Waals surface area contributed by atoms with Crippen LogP contribution in [0.1, 0.15) is 35.6 Å². The van der Waals surface area contributed by atoms with Crippen LogP contribution in [0.2, 0.25) is 5.02 Å². The molecule has 6 nitrogen and oxygen atoms in total. The Bertz CT molecular complexity index is 1380. The van der Waals surface area contributed by atoms with Gasteiger partial charge in [0, 0.05) is 17.9 Å². The summed E-state index contributed by atoms with van der Waals surface area (Å²) >= 11 is 7.30. The summed E-state index contributed by atoms with van der Waals surface area (Å²) in [4.78, 5) is 29.5. The second-order valence-electron chi connectivity index (χ2n) is 8.60. The molecular weight excluding hydrogens is 499 g/mol. The first-order chi connectivity index (χ1) is 17.4. The number of hydrazone groups is 1. The second-order valence-corrected chi connectivity index (χ2v) is 10.2. The Labute approximate surface area is 217 Å². The SMILES string of the molecule is Cc1ccc(C2=NN(C3=NC(=O)[C@H](CC(=O)Nc4ccccc4F)S3)[C@H](c3ccc(Cl)cc3)C2)cc1. The summed E-state index contributed by atoms with van der Waals surface area (Å²) in [5.41, 5.74) is 4.10. The Morgan fingerprint density at radius 1 is 1.11 bits per heavy atom. The van der Waals surface area contributed by atoms with E-state index in [4.69, 9.17) is 16.7 Å². The number of aliphatic imine (C=N–C) groups is 1. The predicted molar refractivity (Wildman–Crippen MR) is 142 cm³/mol. The quantitative estimate of drug-likeness (QED) is 0.450. The zero-order valence-electron chi connectivity index (χ0n) is 19.3. The van der Waals surface area contributed by atoms with E-state index in [9.17, 15) is 14.0 Å². The lowest BCUT2D eigenvalue weighted by Crippen LogP contribution is -2.25. The molecule has 0 aliphatic carbocycles. The molecule has 5 rings (SSSR count). The van der Waals surface area contributed by atoms with Crippen molar-refractivity contribution in [2.24, 2.45) is 10.1 Å². The van der Waals surface area contributed by atoms with Crippen molar-refractivity contribution >= 4 is 51.7 Å². The molecule has 2 atom stereocenters. The Morgan fingerprint density at radius 3 is 2.56 bits per heavy atom. The third-order valence-electron chi connectivity index (χ3n) is 5.99. The zero-order valence-corrected chi connectivity index (χ0v) is 20.9. The Morgan fingerprint density at radius 2 is 1.83 bits per heavy atom. The Hall–Kier alpha value is -3.49. The molecule has 2 aliphatic rings. The van der Waals surface area contributed by atoms with Crippen LogP contribution in [0.4, 0.5) is 10.1 Å². The van der Waals surface area contributed by atoms with Crippen LogP contribution in [-0.2, 0) is 9.59 Å². The third kappa shape index (κ3) is 5.20. The molecule has 0 radical (unpaired) electrons. The summed E-state index contributed by atoms with van der Waals surface area (Å²) in [6, 6.07) is 21.4. The van der Waals surface area contributed by atoms with Gasteiger partial charge in [-0.3, -0.25) is 9.59 Å². The van der Waals surface area contributed by atoms with E-state index in [2.05, 4.69) is 10.3 Å². The van der Waals surface area contributed by atoms with Gasteiger partial charge in [-0.1, -0.05) is 77.5 Å². The second kappa shape index (κ2) is 10.2. The van der Waals surface area contributed by atoms with Gasteiger partial charge in [0.05, 0.1) is 17.4 Å². The molecule has 2 aliphatic heterocycles. The third-order valence-corrected chi connectivity index (χ3v) is 7.39. The van der Waals surface area contributed by atoms with Gasteiger partial charge < -0.3 is 5.32 Å². The van der Waals surface area contributed by atoms with Crippen molar-refractivity contribution < 1.29 is 14.0 Å². The molecule has 3 aromatic rings. The average Bonchev–Trinajstić information content (AvgIpc) is 3.45. The number of aryl methyl sites for hydroxylation is 1. The van der Waals surface area contributed by atoms with Crippen LogP contribution in [0.25, 0.3) is 0 Å². The summed E-state index contributed by atoms with van der Waals surface area (Å²) in [5, 5.41) is 9.49. The Kier molecular flexibility index (Phi) is 6.89. The first-order valence-electron chi connectivity index (χ1n) is 11.4. The number of nitrogens with one attached hydrogen (secondary N) is 1. The van der Waals surface area contributed by atoms with Crippen molar-refractivity contribution in [2.45, 2.75) is 31.1 Å². The molecule has 36 heavy (non-hydrogen) atoms. The number of anilines is 1. The van der Waals surface area contributed by atoms with Crippen molar-refractivity contribution in [1.29, 1.82) is 0 Å². The highest BCUT2D eigenvalue weighted by Gasteiger charge is 2.39. The average molecular weight is 521 g/mol. The fourth-order valence-corrected chi connectivity index (χ4v) is 5.28. The van der Waals surface area contributed by atoms with Crippen LogP contribution in [0, 0.1) is 12.7 Å². The van der Waals surface area contributed by atoms with E-state index in [1.807, 2.05) is 55.5 Å². The summed E-state index contributed by atoms with van der Waals surface area (Å²) in [5.74, 6) is -1.40. The van der Waals surface area contributed by atoms with E-state index in [1.165, 1.54) is 23.9 Å². The molecule has 0 saturated carbocycles. The minimum Gasteiger partial charge on any atom is -0.324 e. The largest absolute Gasteiger partial charge is 0.324 e. The van der Waals surface area contributed by atoms with Gasteiger partial charge in [0.15, 0.2) is 5.17 Å². The molecule has 0 bridgehead atoms. The van der Waals surface area contributed by atoms with Gasteiger partial charge in [0.25, 0.3) is 5.91 Å². The van der Waals surface area contributed by atoms with Gasteiger partial charge in [-0.05, 0) is 42.3 Å². The molecule has 3 aromatic carbocycles. The maximum Gasteiger partial charge on any atom is 0.262 e. The van der Waals surface area contributed by atoms with E-state index in [0.717, 1.165) is 22.4 Å². The lowest BCUT2D eigenvalue weighted by Gasteiger charge is -2.23. The molecule has 9 heteroatoms. The number of benzene rings is 3. The van der Waals surface area contributed by atoms with Crippen molar-refractivity contribution in [1.82, 2.24) is 5.01 Å². The monoisotopic (exact) mass is 520 g/mol. The number of halogens is 2. The van der Waals surface area contributed by atoms with E-state index in [0.29, 0.717) is 16.6 Å². The van der Waals surface area contributed by atoms with Crippen LogP contribution in [0.5, 0.6) is 0 Å². The number of thioether (sulfide) groups is 1. The Balaban J connectivity index is 1.36. The lowest BCUT2D eigenvalue weighted by molar-refractivity contribution is -0.121. The number of amidine groups is 1. The molecule has 0 fully saturated rings. The van der Waals surface area contributed by atoms with Crippen LogP contribution in [0.3, 0.4) is 0 Å². The van der Waals surface area contributed by atoms with Crippen LogP contribution in [0.15, 0.2) is 82.9 Å². The number of carbonyl (C=O) groups excluding carboxylic acids is 2. The fraction of sp³-hybridized carbons (Fsp3) is 0.185. The van der Waals surface area contributed by atoms with Crippen LogP contribution in [-0.4, -0.2) is 33.0 Å². The van der Waals surface area contributed by atoms with Crippen molar-refractivity contribution in [3.05, 3.63) is 100 Å². The molecular formula is C27H22ClFN4O2S. The first kappa shape index (κ1) is 24.2. The number of hydrogen-bond donors (Lipinski definition) is 1. The van der Waals surface area contributed by atoms with E-state index in [-0.39, 0.29) is 18.2 Å². The van der Waals surface area contributed by atoms with Gasteiger partial charge in [-0.2, -0.15) is 10.1 Å². The van der Waals surface area contributed by atoms with Gasteiger partial charge >= 0.3 is 0 Å². The highest BCUT2D eigenvalue weighted by Crippen LogP contribution is 2.39. The fourth-order valence-electron chi connectivity index (χ4n) is 4.09. The lowest BCUT2D eigenvalue weighted by atomic mass is 9.98. The molecule has 0 saturated heterocycles. The number of hydrogen-bond acceptors (Lipinski definition) is 5. The van der Waals surface area contributed by atoms with Gasteiger partial charge in [-0.15, -0.1) is 0 Å². The molecule has 1 N–H and O–H groups in total. The summed E-state index contributed by atoms with van der Waals surface area (Å²) < 4.78 is 13.9.